The summed E-state index contributed by atoms with van der Waals surface area (Å²) in [6.45, 7) is 3.80. The highest BCUT2D eigenvalue weighted by Crippen LogP contribution is 2.39. The lowest BCUT2D eigenvalue weighted by Gasteiger charge is -2.25. The second-order valence-corrected chi connectivity index (χ2v) is 8.29. The molecule has 1 atom stereocenters. The summed E-state index contributed by atoms with van der Waals surface area (Å²) in [4.78, 5) is 0.196. The van der Waals surface area contributed by atoms with Crippen LogP contribution in [0.1, 0.15) is 36.4 Å². The smallest absolute Gasteiger partial charge is 0.250 e. The highest BCUT2D eigenvalue weighted by molar-refractivity contribution is 7.89. The van der Waals surface area contributed by atoms with E-state index in [1.165, 1.54) is 6.20 Å². The lowest BCUT2D eigenvalue weighted by molar-refractivity contribution is 0.223. The Morgan fingerprint density at radius 3 is 2.96 bits per heavy atom. The minimum atomic E-state index is -3.62. The van der Waals surface area contributed by atoms with Crippen molar-refractivity contribution < 1.29 is 13.2 Å². The molecule has 0 radical (unpaired) electrons. The van der Waals surface area contributed by atoms with Gasteiger partial charge in [0.05, 0.1) is 18.8 Å². The van der Waals surface area contributed by atoms with Crippen molar-refractivity contribution >= 4 is 10.0 Å². The zero-order valence-corrected chi connectivity index (χ0v) is 14.5. The van der Waals surface area contributed by atoms with Crippen LogP contribution in [0, 0.1) is 6.92 Å². The lowest BCUT2D eigenvalue weighted by Crippen LogP contribution is -2.31. The van der Waals surface area contributed by atoms with E-state index in [1.54, 1.807) is 8.99 Å². The van der Waals surface area contributed by atoms with Gasteiger partial charge in [0.1, 0.15) is 0 Å². The molecule has 0 N–H and O–H groups in total. The molecular weight excluding hydrogens is 326 g/mol. The summed E-state index contributed by atoms with van der Waals surface area (Å²) in [7, 11) is -3.62. The summed E-state index contributed by atoms with van der Waals surface area (Å²) < 4.78 is 35.3. The minimum Gasteiger partial charge on any atom is -0.477 e. The van der Waals surface area contributed by atoms with Crippen molar-refractivity contribution in [1.29, 1.82) is 0 Å². The molecule has 1 aromatic heterocycles. The molecule has 4 rings (SSSR count). The molecule has 1 unspecified atom stereocenters. The normalized spacial score (nSPS) is 21.5. The van der Waals surface area contributed by atoms with Crippen LogP contribution in [-0.4, -0.2) is 35.7 Å². The fourth-order valence-corrected chi connectivity index (χ4v) is 5.34. The third kappa shape index (κ3) is 2.52. The molecule has 2 aromatic rings. The molecule has 0 bridgehead atoms. The Morgan fingerprint density at radius 2 is 2.12 bits per heavy atom. The first kappa shape index (κ1) is 15.7. The molecule has 128 valence electrons. The van der Waals surface area contributed by atoms with Gasteiger partial charge in [-0.05, 0) is 25.3 Å². The van der Waals surface area contributed by atoms with E-state index < -0.39 is 10.0 Å². The zero-order chi connectivity index (χ0) is 16.7. The summed E-state index contributed by atoms with van der Waals surface area (Å²) in [6, 6.07) is 7.98. The topological polar surface area (TPSA) is 64.4 Å². The number of aromatic nitrogens is 2. The highest BCUT2D eigenvalue weighted by atomic mass is 32.2. The summed E-state index contributed by atoms with van der Waals surface area (Å²) >= 11 is 0. The summed E-state index contributed by atoms with van der Waals surface area (Å²) in [5.74, 6) is 0.385. The third-order valence-electron chi connectivity index (χ3n) is 4.73. The van der Waals surface area contributed by atoms with Gasteiger partial charge >= 0.3 is 0 Å². The van der Waals surface area contributed by atoms with E-state index in [-0.39, 0.29) is 10.9 Å². The second kappa shape index (κ2) is 5.89. The maximum absolute atomic E-state index is 13.2. The molecule has 24 heavy (non-hydrogen) atoms. The Bertz CT molecular complexity index is 860. The van der Waals surface area contributed by atoms with Crippen LogP contribution in [0.3, 0.4) is 0 Å². The molecule has 7 heteroatoms. The summed E-state index contributed by atoms with van der Waals surface area (Å²) in [5, 5.41) is 4.19. The SMILES string of the molecule is Cc1cccc(C2CCCN2S(=O)(=O)c2cnn3c2OCCC3)c1. The largest absolute Gasteiger partial charge is 0.477 e. The molecule has 2 aliphatic rings. The maximum Gasteiger partial charge on any atom is 0.250 e. The molecule has 6 nitrogen and oxygen atoms in total. The van der Waals surface area contributed by atoms with Gasteiger partial charge in [-0.15, -0.1) is 0 Å². The number of rotatable bonds is 3. The maximum atomic E-state index is 13.2. The number of nitrogens with zero attached hydrogens (tertiary/aromatic N) is 3. The van der Waals surface area contributed by atoms with Gasteiger partial charge in [-0.1, -0.05) is 29.8 Å². The number of sulfonamides is 1. The quantitative estimate of drug-likeness (QED) is 0.856. The van der Waals surface area contributed by atoms with E-state index in [1.807, 2.05) is 25.1 Å². The van der Waals surface area contributed by atoms with Gasteiger partial charge < -0.3 is 4.74 Å². The molecule has 2 aliphatic heterocycles. The van der Waals surface area contributed by atoms with E-state index >= 15 is 0 Å². The van der Waals surface area contributed by atoms with Crippen LogP contribution in [0.4, 0.5) is 0 Å². The number of aryl methyl sites for hydroxylation is 2. The van der Waals surface area contributed by atoms with Crippen molar-refractivity contribution in [3.05, 3.63) is 41.6 Å². The van der Waals surface area contributed by atoms with Crippen molar-refractivity contribution in [3.63, 3.8) is 0 Å². The summed E-state index contributed by atoms with van der Waals surface area (Å²) in [5.41, 5.74) is 2.20. The molecule has 1 fully saturated rings. The Labute approximate surface area is 142 Å². The first-order valence-corrected chi connectivity index (χ1v) is 9.78. The van der Waals surface area contributed by atoms with Gasteiger partial charge in [0.2, 0.25) is 5.88 Å². The van der Waals surface area contributed by atoms with Gasteiger partial charge in [-0.2, -0.15) is 9.40 Å². The van der Waals surface area contributed by atoms with Gasteiger partial charge in [-0.3, -0.25) is 0 Å². The monoisotopic (exact) mass is 347 g/mol. The molecular formula is C17H21N3O3S. The number of ether oxygens (including phenoxy) is 1. The van der Waals surface area contributed by atoms with Gasteiger partial charge in [0, 0.05) is 19.5 Å². The average molecular weight is 347 g/mol. The lowest BCUT2D eigenvalue weighted by atomic mass is 10.0. The van der Waals surface area contributed by atoms with Crippen molar-refractivity contribution in [2.45, 2.75) is 43.7 Å². The standard InChI is InChI=1S/C17H21N3O3S/c1-13-5-2-6-14(11-13)15-7-3-9-20(15)24(21,22)16-12-18-19-8-4-10-23-17(16)19/h2,5-6,11-12,15H,3-4,7-10H2,1H3. The van der Waals surface area contributed by atoms with Crippen molar-refractivity contribution in [2.75, 3.05) is 13.2 Å². The predicted molar refractivity (Wildman–Crippen MR) is 89.4 cm³/mol. The molecule has 0 saturated carbocycles. The molecule has 0 amide bonds. The first-order chi connectivity index (χ1) is 11.6. The Balaban J connectivity index is 1.72. The molecule has 1 aromatic carbocycles. The van der Waals surface area contributed by atoms with Crippen LogP contribution in [0.2, 0.25) is 0 Å². The van der Waals surface area contributed by atoms with E-state index in [0.29, 0.717) is 25.6 Å². The Kier molecular flexibility index (Phi) is 3.85. The van der Waals surface area contributed by atoms with Crippen LogP contribution in [-0.2, 0) is 16.6 Å². The molecule has 0 spiro atoms. The van der Waals surface area contributed by atoms with Crippen molar-refractivity contribution in [2.24, 2.45) is 0 Å². The molecule has 1 saturated heterocycles. The van der Waals surface area contributed by atoms with Crippen LogP contribution >= 0.6 is 0 Å². The van der Waals surface area contributed by atoms with E-state index in [2.05, 4.69) is 11.2 Å². The van der Waals surface area contributed by atoms with Crippen molar-refractivity contribution in [3.8, 4) is 5.88 Å². The number of hydrogen-bond acceptors (Lipinski definition) is 4. The number of fused-ring (bicyclic) bond motifs is 1. The molecule has 0 aliphatic carbocycles. The van der Waals surface area contributed by atoms with E-state index in [0.717, 1.165) is 30.4 Å². The molecule has 3 heterocycles. The average Bonchev–Trinajstić information content (AvgIpc) is 3.22. The Hall–Kier alpha value is -1.86. The zero-order valence-electron chi connectivity index (χ0n) is 13.7. The van der Waals surface area contributed by atoms with Crippen molar-refractivity contribution in [1.82, 2.24) is 14.1 Å². The third-order valence-corrected chi connectivity index (χ3v) is 6.62. The van der Waals surface area contributed by atoms with E-state index in [9.17, 15) is 8.42 Å². The van der Waals surface area contributed by atoms with Gasteiger partial charge in [0.25, 0.3) is 10.0 Å². The van der Waals surface area contributed by atoms with Gasteiger partial charge in [-0.25, -0.2) is 13.1 Å². The van der Waals surface area contributed by atoms with Gasteiger partial charge in [0.15, 0.2) is 4.90 Å². The van der Waals surface area contributed by atoms with Crippen LogP contribution in [0.25, 0.3) is 0 Å². The fraction of sp³-hybridized carbons (Fsp3) is 0.471. The van der Waals surface area contributed by atoms with Crippen LogP contribution < -0.4 is 4.74 Å². The van der Waals surface area contributed by atoms with Crippen LogP contribution in [0.15, 0.2) is 35.4 Å². The Morgan fingerprint density at radius 1 is 1.25 bits per heavy atom. The second-order valence-electron chi connectivity index (χ2n) is 6.43. The fourth-order valence-electron chi connectivity index (χ4n) is 3.59. The summed E-state index contributed by atoms with van der Waals surface area (Å²) in [6.07, 6.45) is 3.99. The first-order valence-electron chi connectivity index (χ1n) is 8.34. The predicted octanol–water partition coefficient (Wildman–Crippen LogP) is 2.50. The number of benzene rings is 1. The number of hydrogen-bond donors (Lipinski definition) is 0. The van der Waals surface area contributed by atoms with E-state index in [4.69, 9.17) is 4.74 Å². The van der Waals surface area contributed by atoms with Crippen LogP contribution in [0.5, 0.6) is 5.88 Å². The highest BCUT2D eigenvalue weighted by Gasteiger charge is 2.39. The minimum absolute atomic E-state index is 0.117.